The molecular formula is C37H73O4P. The van der Waals surface area contributed by atoms with Gasteiger partial charge in [-0.2, -0.15) is 0 Å². The molecule has 0 aromatic heterocycles. The van der Waals surface area contributed by atoms with Crippen LogP contribution in [0, 0.1) is 51.2 Å². The molecule has 1 rings (SSSR count). The minimum Gasteiger partial charge on any atom is -0.465 e. The highest BCUT2D eigenvalue weighted by Crippen LogP contribution is 2.49. The summed E-state index contributed by atoms with van der Waals surface area (Å²) in [6, 6.07) is 0. The molecule has 1 fully saturated rings. The average Bonchev–Trinajstić information content (AvgIpc) is 2.79. The Morgan fingerprint density at radius 1 is 0.714 bits per heavy atom. The van der Waals surface area contributed by atoms with Crippen LogP contribution in [0.3, 0.4) is 0 Å². The van der Waals surface area contributed by atoms with Gasteiger partial charge in [0, 0.05) is 0 Å². The maximum absolute atomic E-state index is 13.6. The molecular weight excluding hydrogens is 539 g/mol. The van der Waals surface area contributed by atoms with E-state index in [9.17, 15) is 9.59 Å². The third kappa shape index (κ3) is 13.2. The first-order valence-corrected chi connectivity index (χ1v) is 18.3. The molecule has 5 unspecified atom stereocenters. The molecule has 0 bridgehead atoms. The third-order valence-electron chi connectivity index (χ3n) is 9.30. The van der Waals surface area contributed by atoms with E-state index < -0.39 is 5.41 Å². The number of carbonyl (C=O) groups excluding carboxylic acids is 2. The molecule has 250 valence electrons. The molecule has 0 saturated heterocycles. The first kappa shape index (κ1) is 41.4. The lowest BCUT2D eigenvalue weighted by Gasteiger charge is -2.47. The van der Waals surface area contributed by atoms with E-state index >= 15 is 0 Å². The molecule has 1 aliphatic rings. The summed E-state index contributed by atoms with van der Waals surface area (Å²) < 4.78 is 11.8. The fraction of sp³-hybridized carbons (Fsp3) is 0.946. The minimum absolute atomic E-state index is 0.0168. The second-order valence-electron chi connectivity index (χ2n) is 18.2. The SMILES string of the molecule is CC(C)C1CCCC(C(C)C)C1OC(=O)C(C)(CC(C)(C)C)C(C)(C)C.CPC(C)(CC(C)(C)C)C(=O)OCC(C)C. The van der Waals surface area contributed by atoms with Crippen LogP contribution in [0.15, 0.2) is 0 Å². The van der Waals surface area contributed by atoms with Gasteiger partial charge in [-0.25, -0.2) is 0 Å². The summed E-state index contributed by atoms with van der Waals surface area (Å²) in [5, 5.41) is -0.312. The fourth-order valence-corrected chi connectivity index (χ4v) is 7.50. The fourth-order valence-electron chi connectivity index (χ4n) is 6.52. The monoisotopic (exact) mass is 613 g/mol. The van der Waals surface area contributed by atoms with Crippen molar-refractivity contribution in [1.29, 1.82) is 0 Å². The maximum atomic E-state index is 13.6. The van der Waals surface area contributed by atoms with Crippen molar-refractivity contribution in [1.82, 2.24) is 0 Å². The van der Waals surface area contributed by atoms with Crippen molar-refractivity contribution < 1.29 is 19.1 Å². The minimum atomic E-state index is -0.480. The summed E-state index contributed by atoms with van der Waals surface area (Å²) in [5.41, 5.74) is -0.366. The number of hydrogen-bond donors (Lipinski definition) is 0. The Hall–Kier alpha value is -0.630. The summed E-state index contributed by atoms with van der Waals surface area (Å²) in [6.07, 6.45) is 5.42. The Morgan fingerprint density at radius 3 is 1.45 bits per heavy atom. The van der Waals surface area contributed by atoms with Crippen LogP contribution in [-0.2, 0) is 19.1 Å². The van der Waals surface area contributed by atoms with Crippen LogP contribution in [0.4, 0.5) is 0 Å². The number of hydrogen-bond acceptors (Lipinski definition) is 4. The maximum Gasteiger partial charge on any atom is 0.315 e. The summed E-state index contributed by atoms with van der Waals surface area (Å²) in [4.78, 5) is 25.6. The molecule has 5 heteroatoms. The number of rotatable bonds is 10. The highest BCUT2D eigenvalue weighted by Gasteiger charge is 2.50. The molecule has 0 aromatic carbocycles. The van der Waals surface area contributed by atoms with Crippen molar-refractivity contribution >= 4 is 20.5 Å². The predicted octanol–water partition coefficient (Wildman–Crippen LogP) is 10.8. The predicted molar refractivity (Wildman–Crippen MR) is 185 cm³/mol. The van der Waals surface area contributed by atoms with Gasteiger partial charge in [-0.05, 0) is 92.0 Å². The molecule has 4 nitrogen and oxygen atoms in total. The summed E-state index contributed by atoms with van der Waals surface area (Å²) >= 11 is 0. The van der Waals surface area contributed by atoms with Crippen molar-refractivity contribution in [3.05, 3.63) is 0 Å². The van der Waals surface area contributed by atoms with Crippen LogP contribution in [0.5, 0.6) is 0 Å². The van der Waals surface area contributed by atoms with Gasteiger partial charge in [0.2, 0.25) is 0 Å². The molecule has 0 radical (unpaired) electrons. The van der Waals surface area contributed by atoms with E-state index in [0.29, 0.717) is 44.8 Å². The highest BCUT2D eigenvalue weighted by atomic mass is 31.1. The third-order valence-corrected chi connectivity index (χ3v) is 10.8. The lowest BCUT2D eigenvalue weighted by atomic mass is 9.61. The lowest BCUT2D eigenvalue weighted by molar-refractivity contribution is -0.182. The van der Waals surface area contributed by atoms with E-state index in [2.05, 4.69) is 117 Å². The molecule has 0 aliphatic heterocycles. The largest absolute Gasteiger partial charge is 0.465 e. The van der Waals surface area contributed by atoms with Crippen LogP contribution in [0.25, 0.3) is 0 Å². The van der Waals surface area contributed by atoms with Crippen LogP contribution >= 0.6 is 8.58 Å². The first-order valence-electron chi connectivity index (χ1n) is 16.8. The zero-order chi connectivity index (χ0) is 33.5. The molecule has 0 spiro atoms. The van der Waals surface area contributed by atoms with Crippen LogP contribution in [-0.4, -0.2) is 36.5 Å². The van der Waals surface area contributed by atoms with E-state index in [0.717, 1.165) is 12.8 Å². The van der Waals surface area contributed by atoms with Gasteiger partial charge >= 0.3 is 11.9 Å². The van der Waals surface area contributed by atoms with Gasteiger partial charge in [0.1, 0.15) is 6.10 Å². The Morgan fingerprint density at radius 2 is 1.14 bits per heavy atom. The van der Waals surface area contributed by atoms with Gasteiger partial charge in [0.25, 0.3) is 0 Å². The standard InChI is InChI=1S/C24H46O2.C13H27O2P/c1-16(2)18-13-12-14-19(17(3)4)20(18)26-21(25)24(11,23(8,9)10)15-22(5,6)7;1-10(2)8-15-11(14)13(6,16-7)9-12(3,4)5/h16-20H,12-15H2,1-11H3;10,16H,8-9H2,1-7H3. The van der Waals surface area contributed by atoms with Gasteiger partial charge in [0.05, 0.1) is 17.2 Å². The van der Waals surface area contributed by atoms with Crippen LogP contribution < -0.4 is 0 Å². The molecule has 42 heavy (non-hydrogen) atoms. The molecule has 0 amide bonds. The Balaban J connectivity index is 0.000000903. The molecule has 0 heterocycles. The molecule has 5 atom stereocenters. The lowest BCUT2D eigenvalue weighted by Crippen LogP contribution is -2.49. The van der Waals surface area contributed by atoms with Crippen molar-refractivity contribution in [2.45, 2.75) is 161 Å². The second-order valence-corrected chi connectivity index (χ2v) is 19.9. The van der Waals surface area contributed by atoms with Crippen molar-refractivity contribution in [2.24, 2.45) is 51.2 Å². The van der Waals surface area contributed by atoms with Crippen molar-refractivity contribution in [3.8, 4) is 0 Å². The normalized spacial score (nSPS) is 23.4. The van der Waals surface area contributed by atoms with E-state index in [1.54, 1.807) is 0 Å². The molecule has 0 aromatic rings. The Bertz CT molecular complexity index is 810. The highest BCUT2D eigenvalue weighted by molar-refractivity contribution is 7.40. The van der Waals surface area contributed by atoms with Crippen molar-refractivity contribution in [3.63, 3.8) is 0 Å². The number of esters is 2. The summed E-state index contributed by atoms with van der Waals surface area (Å²) in [6.45, 7) is 39.7. The van der Waals surface area contributed by atoms with Gasteiger partial charge < -0.3 is 9.47 Å². The second kappa shape index (κ2) is 16.1. The van der Waals surface area contributed by atoms with E-state index in [4.69, 9.17) is 9.47 Å². The molecule has 0 N–H and O–H groups in total. The van der Waals surface area contributed by atoms with E-state index in [1.807, 2.05) is 6.92 Å². The molecule has 1 saturated carbocycles. The van der Waals surface area contributed by atoms with E-state index in [1.165, 1.54) is 19.3 Å². The van der Waals surface area contributed by atoms with Crippen molar-refractivity contribution in [2.75, 3.05) is 13.3 Å². The van der Waals surface area contributed by atoms with Crippen LogP contribution in [0.2, 0.25) is 0 Å². The first-order chi connectivity index (χ1) is 18.7. The van der Waals surface area contributed by atoms with Gasteiger partial charge in [0.15, 0.2) is 0 Å². The quantitative estimate of drug-likeness (QED) is 0.182. The zero-order valence-electron chi connectivity index (χ0n) is 31.3. The van der Waals surface area contributed by atoms with Crippen LogP contribution in [0.1, 0.15) is 150 Å². The van der Waals surface area contributed by atoms with E-state index in [-0.39, 0.29) is 39.4 Å². The number of ether oxygens (including phenoxy) is 2. The smallest absolute Gasteiger partial charge is 0.315 e. The Kier molecular flexibility index (Phi) is 15.8. The summed E-state index contributed by atoms with van der Waals surface area (Å²) in [7, 11) is 0.585. The average molecular weight is 613 g/mol. The van der Waals surface area contributed by atoms with Gasteiger partial charge in [-0.1, -0.05) is 110 Å². The topological polar surface area (TPSA) is 52.6 Å². The number of carbonyl (C=O) groups is 2. The Labute approximate surface area is 264 Å². The zero-order valence-corrected chi connectivity index (χ0v) is 32.3. The summed E-state index contributed by atoms with van der Waals surface area (Å²) in [5.74, 6) is 2.47. The van der Waals surface area contributed by atoms with Gasteiger partial charge in [-0.15, -0.1) is 8.58 Å². The molecule has 1 aliphatic carbocycles. The van der Waals surface area contributed by atoms with Gasteiger partial charge in [-0.3, -0.25) is 9.59 Å².